The lowest BCUT2D eigenvalue weighted by atomic mass is 9.84. The monoisotopic (exact) mass is 276 g/mol. The van der Waals surface area contributed by atoms with Crippen molar-refractivity contribution in [3.63, 3.8) is 0 Å². The molecule has 1 unspecified atom stereocenters. The zero-order chi connectivity index (χ0) is 13.8. The quantitative estimate of drug-likeness (QED) is 0.921. The first-order valence-corrected chi connectivity index (χ1v) is 7.65. The average molecular weight is 276 g/mol. The summed E-state index contributed by atoms with van der Waals surface area (Å²) in [7, 11) is 0. The van der Waals surface area contributed by atoms with Gasteiger partial charge in [0.05, 0.1) is 5.60 Å². The van der Waals surface area contributed by atoms with Gasteiger partial charge in [0, 0.05) is 44.3 Å². The summed E-state index contributed by atoms with van der Waals surface area (Å²) in [5, 5.41) is 3.76. The van der Waals surface area contributed by atoms with Crippen LogP contribution < -0.4 is 5.32 Å². The second-order valence-electron chi connectivity index (χ2n) is 6.00. The lowest BCUT2D eigenvalue weighted by Gasteiger charge is -2.44. The number of nitrogens with one attached hydrogen (secondary N) is 1. The fourth-order valence-electron chi connectivity index (χ4n) is 3.36. The number of aromatic nitrogens is 1. The van der Waals surface area contributed by atoms with Gasteiger partial charge >= 0.3 is 0 Å². The fraction of sp³-hybridized carbons (Fsp3) is 0.688. The SMILES string of the molecule is C[C@H](NC1CCOC2(CCOCC2)C1)c1ccncc1. The molecule has 2 fully saturated rings. The van der Waals surface area contributed by atoms with Crippen molar-refractivity contribution in [2.75, 3.05) is 19.8 Å². The van der Waals surface area contributed by atoms with Crippen LogP contribution in [0.4, 0.5) is 0 Å². The van der Waals surface area contributed by atoms with Crippen molar-refractivity contribution in [3.8, 4) is 0 Å². The Balaban J connectivity index is 1.60. The molecule has 0 amide bonds. The molecule has 4 nitrogen and oxygen atoms in total. The predicted octanol–water partition coefficient (Wildman–Crippen LogP) is 2.46. The second kappa shape index (κ2) is 6.20. The first-order valence-electron chi connectivity index (χ1n) is 7.65. The third kappa shape index (κ3) is 3.19. The van der Waals surface area contributed by atoms with Gasteiger partial charge in [-0.2, -0.15) is 0 Å². The van der Waals surface area contributed by atoms with E-state index in [0.717, 1.165) is 45.5 Å². The number of hydrogen-bond acceptors (Lipinski definition) is 4. The summed E-state index contributed by atoms with van der Waals surface area (Å²) >= 11 is 0. The molecule has 1 aromatic heterocycles. The minimum atomic E-state index is 0.0616. The van der Waals surface area contributed by atoms with Crippen LogP contribution in [-0.2, 0) is 9.47 Å². The number of nitrogens with zero attached hydrogens (tertiary/aromatic N) is 1. The van der Waals surface area contributed by atoms with Crippen LogP contribution in [0.25, 0.3) is 0 Å². The van der Waals surface area contributed by atoms with E-state index in [4.69, 9.17) is 9.47 Å². The first kappa shape index (κ1) is 14.0. The van der Waals surface area contributed by atoms with Crippen molar-refractivity contribution in [2.24, 2.45) is 0 Å². The molecule has 1 aromatic rings. The summed E-state index contributed by atoms with van der Waals surface area (Å²) in [4.78, 5) is 4.08. The van der Waals surface area contributed by atoms with Gasteiger partial charge < -0.3 is 14.8 Å². The van der Waals surface area contributed by atoms with Crippen LogP contribution in [0.1, 0.15) is 44.2 Å². The standard InChI is InChI=1S/C16H24N2O2/c1-13(14-2-7-17-8-3-14)18-15-4-9-20-16(12-15)5-10-19-11-6-16/h2-3,7-8,13,15,18H,4-6,9-12H2,1H3/t13-,15?/m0/s1. The van der Waals surface area contributed by atoms with Gasteiger partial charge in [0.25, 0.3) is 0 Å². The van der Waals surface area contributed by atoms with Crippen LogP contribution >= 0.6 is 0 Å². The molecule has 20 heavy (non-hydrogen) atoms. The zero-order valence-corrected chi connectivity index (χ0v) is 12.2. The van der Waals surface area contributed by atoms with E-state index in [-0.39, 0.29) is 5.60 Å². The number of rotatable bonds is 3. The van der Waals surface area contributed by atoms with E-state index in [1.54, 1.807) is 0 Å². The Bertz CT molecular complexity index is 412. The van der Waals surface area contributed by atoms with Gasteiger partial charge in [-0.25, -0.2) is 0 Å². The normalized spacial score (nSPS) is 27.4. The molecule has 1 N–H and O–H groups in total. The second-order valence-corrected chi connectivity index (χ2v) is 6.00. The molecule has 3 heterocycles. The number of hydrogen-bond donors (Lipinski definition) is 1. The summed E-state index contributed by atoms with van der Waals surface area (Å²) in [6, 6.07) is 5.06. The molecule has 0 saturated carbocycles. The molecule has 2 atom stereocenters. The third-order valence-electron chi connectivity index (χ3n) is 4.59. The van der Waals surface area contributed by atoms with Gasteiger partial charge in [0.2, 0.25) is 0 Å². The van der Waals surface area contributed by atoms with Crippen LogP contribution in [0.3, 0.4) is 0 Å². The maximum atomic E-state index is 6.09. The maximum absolute atomic E-state index is 6.09. The van der Waals surface area contributed by atoms with Gasteiger partial charge in [-0.15, -0.1) is 0 Å². The lowest BCUT2D eigenvalue weighted by molar-refractivity contribution is -0.140. The maximum Gasteiger partial charge on any atom is 0.0741 e. The molecule has 2 saturated heterocycles. The van der Waals surface area contributed by atoms with Gasteiger partial charge in [-0.1, -0.05) is 0 Å². The zero-order valence-electron chi connectivity index (χ0n) is 12.2. The van der Waals surface area contributed by atoms with Gasteiger partial charge in [-0.05, 0) is 50.3 Å². The van der Waals surface area contributed by atoms with Crippen molar-refractivity contribution in [1.29, 1.82) is 0 Å². The minimum Gasteiger partial charge on any atom is -0.381 e. The average Bonchev–Trinajstić information content (AvgIpc) is 2.49. The first-order chi connectivity index (χ1) is 9.77. The molecule has 0 aliphatic carbocycles. The molecule has 0 aromatic carbocycles. The number of ether oxygens (including phenoxy) is 2. The Kier molecular flexibility index (Phi) is 4.34. The van der Waals surface area contributed by atoms with Crippen molar-refractivity contribution in [2.45, 2.75) is 50.3 Å². The van der Waals surface area contributed by atoms with Gasteiger partial charge in [-0.3, -0.25) is 4.98 Å². The Labute approximate surface area is 120 Å². The predicted molar refractivity (Wildman–Crippen MR) is 77.5 cm³/mol. The molecule has 4 heteroatoms. The van der Waals surface area contributed by atoms with E-state index in [1.807, 2.05) is 12.4 Å². The van der Waals surface area contributed by atoms with Crippen LogP contribution in [0, 0.1) is 0 Å². The van der Waals surface area contributed by atoms with Gasteiger partial charge in [0.15, 0.2) is 0 Å². The summed E-state index contributed by atoms with van der Waals surface area (Å²) < 4.78 is 11.6. The van der Waals surface area contributed by atoms with Crippen molar-refractivity contribution >= 4 is 0 Å². The smallest absolute Gasteiger partial charge is 0.0741 e. The summed E-state index contributed by atoms with van der Waals surface area (Å²) in [5.74, 6) is 0. The van der Waals surface area contributed by atoms with E-state index < -0.39 is 0 Å². The highest BCUT2D eigenvalue weighted by atomic mass is 16.5. The summed E-state index contributed by atoms with van der Waals surface area (Å²) in [6.45, 7) is 4.77. The highest BCUT2D eigenvalue weighted by Crippen LogP contribution is 2.34. The van der Waals surface area contributed by atoms with Gasteiger partial charge in [0.1, 0.15) is 0 Å². The third-order valence-corrected chi connectivity index (χ3v) is 4.59. The van der Waals surface area contributed by atoms with Crippen molar-refractivity contribution in [3.05, 3.63) is 30.1 Å². The molecule has 0 radical (unpaired) electrons. The highest BCUT2D eigenvalue weighted by molar-refractivity contribution is 5.14. The van der Waals surface area contributed by atoms with E-state index in [9.17, 15) is 0 Å². The molecule has 2 aliphatic rings. The highest BCUT2D eigenvalue weighted by Gasteiger charge is 2.39. The van der Waals surface area contributed by atoms with E-state index in [2.05, 4.69) is 29.4 Å². The Morgan fingerprint density at radius 3 is 2.75 bits per heavy atom. The topological polar surface area (TPSA) is 43.4 Å². The van der Waals surface area contributed by atoms with Crippen molar-refractivity contribution < 1.29 is 9.47 Å². The van der Waals surface area contributed by atoms with Crippen molar-refractivity contribution in [1.82, 2.24) is 10.3 Å². The largest absolute Gasteiger partial charge is 0.381 e. The Morgan fingerprint density at radius 2 is 2.00 bits per heavy atom. The summed E-state index contributed by atoms with van der Waals surface area (Å²) in [6.07, 6.45) is 7.99. The Morgan fingerprint density at radius 1 is 1.25 bits per heavy atom. The molecule has 3 rings (SSSR count). The van der Waals surface area contributed by atoms with E-state index in [0.29, 0.717) is 12.1 Å². The van der Waals surface area contributed by atoms with Crippen LogP contribution in [-0.4, -0.2) is 36.4 Å². The Hall–Kier alpha value is -0.970. The molecule has 0 bridgehead atoms. The lowest BCUT2D eigenvalue weighted by Crippen LogP contribution is -2.50. The fourth-order valence-corrected chi connectivity index (χ4v) is 3.36. The molecule has 2 aliphatic heterocycles. The molecular formula is C16H24N2O2. The van der Waals surface area contributed by atoms with E-state index in [1.165, 1.54) is 5.56 Å². The summed E-state index contributed by atoms with van der Waals surface area (Å²) in [5.41, 5.74) is 1.36. The number of pyridine rings is 1. The minimum absolute atomic E-state index is 0.0616. The van der Waals surface area contributed by atoms with Crippen LogP contribution in [0.2, 0.25) is 0 Å². The molecule has 1 spiro atoms. The van der Waals surface area contributed by atoms with Crippen LogP contribution in [0.15, 0.2) is 24.5 Å². The van der Waals surface area contributed by atoms with Crippen LogP contribution in [0.5, 0.6) is 0 Å². The van der Waals surface area contributed by atoms with E-state index >= 15 is 0 Å². The molecular weight excluding hydrogens is 252 g/mol. The molecule has 110 valence electrons.